The van der Waals surface area contributed by atoms with Crippen LogP contribution in [0, 0.1) is 9.39 Å². The molecule has 21 heavy (non-hydrogen) atoms. The van der Waals surface area contributed by atoms with Crippen molar-refractivity contribution in [3.63, 3.8) is 0 Å². The molecule has 0 saturated heterocycles. The van der Waals surface area contributed by atoms with Crippen molar-refractivity contribution in [3.8, 4) is 0 Å². The van der Waals surface area contributed by atoms with Crippen LogP contribution in [0.5, 0.6) is 0 Å². The smallest absolute Gasteiger partial charge is 0.275 e. The van der Waals surface area contributed by atoms with Crippen molar-refractivity contribution in [1.29, 1.82) is 0 Å². The van der Waals surface area contributed by atoms with Gasteiger partial charge < -0.3 is 9.73 Å². The highest BCUT2D eigenvalue weighted by Crippen LogP contribution is 2.21. The van der Waals surface area contributed by atoms with Gasteiger partial charge in [0.05, 0.1) is 6.54 Å². The Morgan fingerprint density at radius 3 is 2.62 bits per heavy atom. The summed E-state index contributed by atoms with van der Waals surface area (Å²) in [5.41, 5.74) is 0.755. The molecule has 2 aromatic rings. The molecule has 0 aliphatic carbocycles. The number of hydrogen-bond acceptors (Lipinski definition) is 4. The van der Waals surface area contributed by atoms with Crippen LogP contribution in [0.25, 0.3) is 0 Å². The number of nitrogens with one attached hydrogen (secondary N) is 1. The van der Waals surface area contributed by atoms with Gasteiger partial charge in [0.2, 0.25) is 5.09 Å². The number of hydrogen-bond donors (Lipinski definition) is 1. The molecule has 0 saturated carbocycles. The maximum Gasteiger partial charge on any atom is 0.275 e. The monoisotopic (exact) mass is 424 g/mol. The van der Waals surface area contributed by atoms with Gasteiger partial charge in [0.1, 0.15) is 11.6 Å². The van der Waals surface area contributed by atoms with Gasteiger partial charge in [-0.1, -0.05) is 0 Å². The second-order valence-corrected chi connectivity index (χ2v) is 7.73. The highest BCUT2D eigenvalue weighted by molar-refractivity contribution is 14.1. The molecule has 0 atom stereocenters. The number of benzene rings is 1. The van der Waals surface area contributed by atoms with Gasteiger partial charge in [-0.25, -0.2) is 17.1 Å². The van der Waals surface area contributed by atoms with Crippen LogP contribution in [0.1, 0.15) is 5.76 Å². The van der Waals surface area contributed by atoms with Gasteiger partial charge in [0, 0.05) is 23.4 Å². The summed E-state index contributed by atoms with van der Waals surface area (Å²) in [6, 6.07) is 7.40. The Labute approximate surface area is 136 Å². The minimum absolute atomic E-state index is 0.0990. The molecule has 0 spiro atoms. The van der Waals surface area contributed by atoms with E-state index in [4.69, 9.17) is 4.42 Å². The number of rotatable bonds is 5. The molecule has 0 radical (unpaired) electrons. The summed E-state index contributed by atoms with van der Waals surface area (Å²) >= 11 is 2.02. The molecule has 0 bridgehead atoms. The highest BCUT2D eigenvalue weighted by atomic mass is 127. The third kappa shape index (κ3) is 3.74. The Morgan fingerprint density at radius 1 is 1.29 bits per heavy atom. The first-order valence-corrected chi connectivity index (χ1v) is 8.53. The third-order valence-corrected chi connectivity index (χ3v) is 5.34. The summed E-state index contributed by atoms with van der Waals surface area (Å²) in [6.45, 7) is 0.310. The van der Waals surface area contributed by atoms with Crippen LogP contribution >= 0.6 is 22.6 Å². The van der Waals surface area contributed by atoms with Crippen molar-refractivity contribution in [1.82, 2.24) is 4.31 Å². The van der Waals surface area contributed by atoms with E-state index in [9.17, 15) is 12.8 Å². The maximum absolute atomic E-state index is 13.0. The lowest BCUT2D eigenvalue weighted by Crippen LogP contribution is -2.21. The van der Waals surface area contributed by atoms with E-state index in [2.05, 4.69) is 5.32 Å². The molecular formula is C13H14FIN2O3S. The number of anilines is 1. The van der Waals surface area contributed by atoms with Gasteiger partial charge in [-0.2, -0.15) is 0 Å². The predicted molar refractivity (Wildman–Crippen MR) is 86.0 cm³/mol. The maximum atomic E-state index is 13.0. The van der Waals surface area contributed by atoms with E-state index in [1.54, 1.807) is 12.1 Å². The topological polar surface area (TPSA) is 62.6 Å². The highest BCUT2D eigenvalue weighted by Gasteiger charge is 2.21. The summed E-state index contributed by atoms with van der Waals surface area (Å²) in [5, 5.41) is 2.98. The average Bonchev–Trinajstić information content (AvgIpc) is 2.87. The summed E-state index contributed by atoms with van der Waals surface area (Å²) in [4.78, 5) is 0. The van der Waals surface area contributed by atoms with E-state index in [1.807, 2.05) is 22.6 Å². The van der Waals surface area contributed by atoms with Crippen molar-refractivity contribution < 1.29 is 17.2 Å². The Kier molecular flexibility index (Phi) is 4.89. The van der Waals surface area contributed by atoms with E-state index in [1.165, 1.54) is 32.3 Å². The van der Waals surface area contributed by atoms with Gasteiger partial charge in [0.15, 0.2) is 0 Å². The van der Waals surface area contributed by atoms with Crippen LogP contribution in [0.15, 0.2) is 39.8 Å². The Balaban J connectivity index is 2.10. The first-order chi connectivity index (χ1) is 9.80. The Bertz CT molecular complexity index is 744. The second-order valence-electron chi connectivity index (χ2n) is 4.49. The molecule has 5 nitrogen and oxygen atoms in total. The number of furan rings is 1. The first-order valence-electron chi connectivity index (χ1n) is 6.01. The molecular weight excluding hydrogens is 410 g/mol. The van der Waals surface area contributed by atoms with Crippen LogP contribution in [-0.2, 0) is 16.6 Å². The molecule has 0 fully saturated rings. The minimum atomic E-state index is -3.56. The normalized spacial score (nSPS) is 11.9. The fourth-order valence-corrected chi connectivity index (χ4v) is 3.07. The lowest BCUT2D eigenvalue weighted by atomic mass is 10.3. The Morgan fingerprint density at radius 2 is 2.00 bits per heavy atom. The molecule has 1 heterocycles. The third-order valence-electron chi connectivity index (χ3n) is 2.76. The number of nitrogens with zero attached hydrogens (tertiary/aromatic N) is 1. The molecule has 1 aromatic carbocycles. The Hall–Kier alpha value is -1.13. The summed E-state index contributed by atoms with van der Waals surface area (Å²) in [5.74, 6) is 0.179. The lowest BCUT2D eigenvalue weighted by molar-refractivity contribution is 0.402. The molecule has 114 valence electrons. The predicted octanol–water partition coefficient (Wildman–Crippen LogP) is 2.89. The SMILES string of the molecule is CN(C)S(=O)(=O)c1ccc(CNc2ccc(F)cc2I)o1. The number of halogens is 2. The zero-order chi connectivity index (χ0) is 15.6. The molecule has 0 aliphatic rings. The quantitative estimate of drug-likeness (QED) is 0.751. The fourth-order valence-electron chi connectivity index (χ4n) is 1.59. The van der Waals surface area contributed by atoms with Gasteiger partial charge in [-0.3, -0.25) is 0 Å². The van der Waals surface area contributed by atoms with E-state index in [-0.39, 0.29) is 10.9 Å². The fraction of sp³-hybridized carbons (Fsp3) is 0.231. The van der Waals surface area contributed by atoms with E-state index < -0.39 is 10.0 Å². The second kappa shape index (κ2) is 6.32. The van der Waals surface area contributed by atoms with E-state index in [0.717, 1.165) is 13.6 Å². The van der Waals surface area contributed by atoms with Gasteiger partial charge in [-0.15, -0.1) is 0 Å². The number of sulfonamides is 1. The summed E-state index contributed by atoms with van der Waals surface area (Å²) < 4.78 is 43.9. The van der Waals surface area contributed by atoms with Crippen molar-refractivity contribution in [2.24, 2.45) is 0 Å². The molecule has 0 unspecified atom stereocenters. The van der Waals surface area contributed by atoms with Crippen LogP contribution in [0.3, 0.4) is 0 Å². The van der Waals surface area contributed by atoms with E-state index in [0.29, 0.717) is 12.3 Å². The molecule has 1 aromatic heterocycles. The van der Waals surface area contributed by atoms with Crippen molar-refractivity contribution in [2.75, 3.05) is 19.4 Å². The molecule has 0 amide bonds. The standard InChI is InChI=1S/C13H14FIN2O3S/c1-17(2)21(18,19)13-6-4-10(20-13)8-16-12-5-3-9(14)7-11(12)15/h3-7,16H,8H2,1-2H3. The van der Waals surface area contributed by atoms with Crippen molar-refractivity contribution in [2.45, 2.75) is 11.6 Å². The van der Waals surface area contributed by atoms with Gasteiger partial charge >= 0.3 is 0 Å². The van der Waals surface area contributed by atoms with Crippen LogP contribution in [0.2, 0.25) is 0 Å². The average molecular weight is 424 g/mol. The van der Waals surface area contributed by atoms with Crippen molar-refractivity contribution in [3.05, 3.63) is 45.5 Å². The molecule has 2 rings (SSSR count). The van der Waals surface area contributed by atoms with Crippen LogP contribution in [-0.4, -0.2) is 26.8 Å². The minimum Gasteiger partial charge on any atom is -0.446 e. The zero-order valence-electron chi connectivity index (χ0n) is 11.4. The van der Waals surface area contributed by atoms with Gasteiger partial charge in [0.25, 0.3) is 10.0 Å². The first kappa shape index (κ1) is 16.2. The molecule has 0 aliphatic heterocycles. The largest absolute Gasteiger partial charge is 0.446 e. The summed E-state index contributed by atoms with van der Waals surface area (Å²) in [7, 11) is -0.683. The lowest BCUT2D eigenvalue weighted by Gasteiger charge is -2.08. The molecule has 8 heteroatoms. The molecule has 1 N–H and O–H groups in total. The van der Waals surface area contributed by atoms with E-state index >= 15 is 0 Å². The zero-order valence-corrected chi connectivity index (χ0v) is 14.4. The van der Waals surface area contributed by atoms with Crippen molar-refractivity contribution >= 4 is 38.3 Å². The van der Waals surface area contributed by atoms with Gasteiger partial charge in [-0.05, 0) is 52.9 Å². The van der Waals surface area contributed by atoms with Crippen LogP contribution in [0.4, 0.5) is 10.1 Å². The van der Waals surface area contributed by atoms with Crippen LogP contribution < -0.4 is 5.32 Å². The summed E-state index contributed by atoms with van der Waals surface area (Å²) in [6.07, 6.45) is 0.